The first-order chi connectivity index (χ1) is 7.93. The Labute approximate surface area is 136 Å². The predicted octanol–water partition coefficient (Wildman–Crippen LogP) is -2.38. The van der Waals surface area contributed by atoms with E-state index in [0.717, 1.165) is 0 Å². The summed E-state index contributed by atoms with van der Waals surface area (Å²) in [6.45, 7) is 0. The predicted molar refractivity (Wildman–Crippen MR) is 50.8 cm³/mol. The molecule has 126 valence electrons. The van der Waals surface area contributed by atoms with Crippen LogP contribution in [0.25, 0.3) is 0 Å². The van der Waals surface area contributed by atoms with Crippen LogP contribution in [0.1, 0.15) is 0 Å². The van der Waals surface area contributed by atoms with Gasteiger partial charge in [0.15, 0.2) is 0 Å². The molecule has 15 heteroatoms. The minimum Gasteiger partial charge on any atom is -0.473 e. The van der Waals surface area contributed by atoms with E-state index < -0.39 is 35.8 Å². The van der Waals surface area contributed by atoms with Crippen molar-refractivity contribution in [1.82, 2.24) is 6.15 Å². The number of carboxylic acids is 6. The monoisotopic (exact) mass is 399 g/mol. The van der Waals surface area contributed by atoms with Crippen LogP contribution in [0.3, 0.4) is 0 Å². The standard InChI is InChI=1S/3C2H2O4.2Fe.H3N/c3*3-1(4)2(5)6;;;/h3*(H,3,4)(H,5,6);;;1H3. The Bertz CT molecular complexity index is 287. The van der Waals surface area contributed by atoms with Gasteiger partial charge in [-0.2, -0.15) is 0 Å². The average Bonchev–Trinajstić information content (AvgIpc) is 2.18. The van der Waals surface area contributed by atoms with E-state index in [1.54, 1.807) is 0 Å². The van der Waals surface area contributed by atoms with Gasteiger partial charge in [-0.15, -0.1) is 0 Å². The van der Waals surface area contributed by atoms with Crippen molar-refractivity contribution >= 4 is 35.8 Å². The summed E-state index contributed by atoms with van der Waals surface area (Å²) in [6, 6.07) is 0. The van der Waals surface area contributed by atoms with Crippen LogP contribution in [0, 0.1) is 0 Å². The molecule has 0 bridgehead atoms. The second kappa shape index (κ2) is 20.1. The van der Waals surface area contributed by atoms with Gasteiger partial charge in [-0.1, -0.05) is 0 Å². The Balaban J connectivity index is -0.0000000375. The molecule has 0 amide bonds. The van der Waals surface area contributed by atoms with Crippen LogP contribution >= 0.6 is 0 Å². The van der Waals surface area contributed by atoms with Gasteiger partial charge >= 0.3 is 35.8 Å². The van der Waals surface area contributed by atoms with Crippen molar-refractivity contribution in [3.63, 3.8) is 0 Å². The van der Waals surface area contributed by atoms with Crippen molar-refractivity contribution in [1.29, 1.82) is 0 Å². The molecule has 0 aromatic heterocycles. The van der Waals surface area contributed by atoms with Gasteiger partial charge in [0.25, 0.3) is 0 Å². The Morgan fingerprint density at radius 2 is 0.429 bits per heavy atom. The summed E-state index contributed by atoms with van der Waals surface area (Å²) in [7, 11) is 0. The van der Waals surface area contributed by atoms with Gasteiger partial charge in [-0.25, -0.2) is 28.8 Å². The molecule has 0 heterocycles. The fraction of sp³-hybridized carbons (Fsp3) is 0. The molecule has 0 aromatic rings. The van der Waals surface area contributed by atoms with E-state index in [4.69, 9.17) is 59.4 Å². The van der Waals surface area contributed by atoms with Gasteiger partial charge in [0, 0.05) is 34.1 Å². The third kappa shape index (κ3) is 46.2. The third-order valence-electron chi connectivity index (χ3n) is 0.549. The molecule has 0 fully saturated rings. The van der Waals surface area contributed by atoms with Gasteiger partial charge in [0.1, 0.15) is 0 Å². The smallest absolute Gasteiger partial charge is 0.414 e. The molecule has 0 radical (unpaired) electrons. The maximum absolute atomic E-state index is 9.10. The first-order valence-corrected chi connectivity index (χ1v) is 3.32. The van der Waals surface area contributed by atoms with Crippen molar-refractivity contribution in [2.24, 2.45) is 0 Å². The van der Waals surface area contributed by atoms with Crippen LogP contribution in [0.2, 0.25) is 0 Å². The summed E-state index contributed by atoms with van der Waals surface area (Å²) < 4.78 is 0. The first kappa shape index (κ1) is 36.4. The van der Waals surface area contributed by atoms with Crippen LogP contribution in [0.15, 0.2) is 0 Å². The van der Waals surface area contributed by atoms with E-state index in [1.165, 1.54) is 0 Å². The van der Waals surface area contributed by atoms with Crippen LogP contribution in [0.5, 0.6) is 0 Å². The molecule has 0 saturated carbocycles. The molecule has 0 aliphatic rings. The van der Waals surface area contributed by atoms with Crippen molar-refractivity contribution in [3.05, 3.63) is 0 Å². The molecule has 0 saturated heterocycles. The maximum Gasteiger partial charge on any atom is 0.414 e. The molecule has 0 rings (SSSR count). The van der Waals surface area contributed by atoms with Crippen LogP contribution in [-0.2, 0) is 62.9 Å². The van der Waals surface area contributed by atoms with E-state index in [9.17, 15) is 0 Å². The topological polar surface area (TPSA) is 259 Å². The van der Waals surface area contributed by atoms with E-state index in [2.05, 4.69) is 0 Å². The molecule has 9 N–H and O–H groups in total. The summed E-state index contributed by atoms with van der Waals surface area (Å²) in [6.07, 6.45) is 0. The Morgan fingerprint density at radius 1 is 0.381 bits per heavy atom. The second-order valence-corrected chi connectivity index (χ2v) is 1.83. The minimum absolute atomic E-state index is 0. The Hall–Kier alpha value is -2.18. The molecule has 0 atom stereocenters. The second-order valence-electron chi connectivity index (χ2n) is 1.83. The average molecular weight is 399 g/mol. The van der Waals surface area contributed by atoms with Crippen molar-refractivity contribution in [3.8, 4) is 0 Å². The van der Waals surface area contributed by atoms with Gasteiger partial charge in [0.05, 0.1) is 0 Å². The molecule has 21 heavy (non-hydrogen) atoms. The molecule has 0 spiro atoms. The number of carbonyl (C=O) groups is 6. The zero-order valence-corrected chi connectivity index (χ0v) is 11.8. The Morgan fingerprint density at radius 3 is 0.429 bits per heavy atom. The number of hydrogen-bond donors (Lipinski definition) is 7. The normalized spacial score (nSPS) is 6.29. The summed E-state index contributed by atoms with van der Waals surface area (Å²) in [5, 5.41) is 44.3. The Kier molecular flexibility index (Phi) is 34.9. The molecular weight excluding hydrogens is 390 g/mol. The first-order valence-electron chi connectivity index (χ1n) is 3.32. The molecule has 13 nitrogen and oxygen atoms in total. The molecule has 0 unspecified atom stereocenters. The number of hydrogen-bond acceptors (Lipinski definition) is 7. The van der Waals surface area contributed by atoms with Crippen LogP contribution < -0.4 is 6.15 Å². The number of aliphatic carboxylic acids is 6. The largest absolute Gasteiger partial charge is 0.473 e. The van der Waals surface area contributed by atoms with Crippen molar-refractivity contribution in [2.75, 3.05) is 0 Å². The maximum atomic E-state index is 9.10. The van der Waals surface area contributed by atoms with E-state index >= 15 is 0 Å². The molecule has 0 aliphatic heterocycles. The van der Waals surface area contributed by atoms with E-state index in [-0.39, 0.29) is 40.3 Å². The zero-order valence-electron chi connectivity index (χ0n) is 9.55. The summed E-state index contributed by atoms with van der Waals surface area (Å²) in [5.41, 5.74) is 0. The quantitative estimate of drug-likeness (QED) is 0.166. The fourth-order valence-electron chi connectivity index (χ4n) is 0. The zero-order chi connectivity index (χ0) is 15.5. The summed E-state index contributed by atoms with van der Waals surface area (Å²) >= 11 is 0. The SMILES string of the molecule is N.O=C(O)C(=O)O.O=C(O)C(=O)O.O=C(O)C(=O)O.[Fe].[Fe]. The van der Waals surface area contributed by atoms with Crippen molar-refractivity contribution < 1.29 is 93.5 Å². The fourth-order valence-corrected chi connectivity index (χ4v) is 0. The van der Waals surface area contributed by atoms with Gasteiger partial charge in [-0.05, 0) is 0 Å². The van der Waals surface area contributed by atoms with Crippen molar-refractivity contribution in [2.45, 2.75) is 0 Å². The summed E-state index contributed by atoms with van der Waals surface area (Å²) in [5.74, 6) is -10.9. The number of rotatable bonds is 0. The van der Waals surface area contributed by atoms with Crippen LogP contribution in [0.4, 0.5) is 0 Å². The minimum atomic E-state index is -1.82. The molecular formula is C6H9Fe2NO12. The van der Waals surface area contributed by atoms with Crippen LogP contribution in [-0.4, -0.2) is 66.5 Å². The van der Waals surface area contributed by atoms with E-state index in [1.807, 2.05) is 0 Å². The number of carboxylic acid groups (broad SMARTS) is 6. The van der Waals surface area contributed by atoms with Gasteiger partial charge < -0.3 is 36.8 Å². The summed E-state index contributed by atoms with van der Waals surface area (Å²) in [4.78, 5) is 54.6. The third-order valence-corrected chi connectivity index (χ3v) is 0.549. The molecule has 0 aromatic carbocycles. The van der Waals surface area contributed by atoms with Gasteiger partial charge in [-0.3, -0.25) is 0 Å². The van der Waals surface area contributed by atoms with Gasteiger partial charge in [0.2, 0.25) is 0 Å². The van der Waals surface area contributed by atoms with E-state index in [0.29, 0.717) is 0 Å². The molecule has 0 aliphatic carbocycles.